The van der Waals surface area contributed by atoms with Crippen molar-refractivity contribution in [2.75, 3.05) is 0 Å². The Morgan fingerprint density at radius 1 is 0.689 bits per heavy atom. The Morgan fingerprint density at radius 2 is 1.27 bits per heavy atom. The third-order valence-corrected chi connectivity index (χ3v) is 8.25. The van der Waals surface area contributed by atoms with Crippen LogP contribution in [0.5, 0.6) is 0 Å². The Balaban J connectivity index is 1.44. The minimum atomic E-state index is 0.278. The molecule has 0 aliphatic heterocycles. The quantitative estimate of drug-likeness (QED) is 0.0763. The van der Waals surface area contributed by atoms with Crippen LogP contribution in [-0.4, -0.2) is 4.98 Å². The molecule has 5 rings (SSSR count). The van der Waals surface area contributed by atoms with Crippen LogP contribution in [0.4, 0.5) is 0 Å². The van der Waals surface area contributed by atoms with Crippen molar-refractivity contribution in [2.45, 2.75) is 32.1 Å². The van der Waals surface area contributed by atoms with Gasteiger partial charge in [-0.05, 0) is 87.2 Å². The smallest absolute Gasteiger partial charge is 0.0346 e. The Hall–Kier alpha value is -5.27. The van der Waals surface area contributed by atoms with E-state index in [4.69, 9.17) is 0 Å². The van der Waals surface area contributed by atoms with Gasteiger partial charge in [-0.3, -0.25) is 4.98 Å². The standard InChI is InChI=1S/C44H41N/c1-5-18-37(19-6-2)44-42-27-14-12-25-40(42)39(41-26-13-15-28-43(41)44)29-17-24-35(8-4)34(7-3)23-16-20-33-30-38(32-45-31-33)36-21-10-9-11-22-36/h5-17,19,21-28,30-32,37H,1,3-4,18,20,29H2,2H3/b19-6-,23-16-,24-17-,35-34+. The number of benzene rings is 4. The Labute approximate surface area is 268 Å². The normalized spacial score (nSPS) is 13.1. The summed E-state index contributed by atoms with van der Waals surface area (Å²) in [5.74, 6) is 0.278. The van der Waals surface area contributed by atoms with E-state index < -0.39 is 0 Å². The van der Waals surface area contributed by atoms with Crippen LogP contribution in [0.15, 0.2) is 183 Å². The molecule has 0 saturated heterocycles. The van der Waals surface area contributed by atoms with Crippen LogP contribution < -0.4 is 0 Å². The van der Waals surface area contributed by atoms with Crippen molar-refractivity contribution in [1.29, 1.82) is 0 Å². The number of rotatable bonds is 13. The molecule has 1 atom stereocenters. The van der Waals surface area contributed by atoms with Crippen LogP contribution >= 0.6 is 0 Å². The van der Waals surface area contributed by atoms with Crippen molar-refractivity contribution in [2.24, 2.45) is 0 Å². The highest BCUT2D eigenvalue weighted by atomic mass is 14.6. The molecule has 0 aliphatic carbocycles. The molecule has 45 heavy (non-hydrogen) atoms. The van der Waals surface area contributed by atoms with Gasteiger partial charge in [0.05, 0.1) is 0 Å². The van der Waals surface area contributed by atoms with Gasteiger partial charge < -0.3 is 0 Å². The summed E-state index contributed by atoms with van der Waals surface area (Å²) in [6, 6.07) is 30.2. The molecule has 1 heteroatoms. The number of allylic oxidation sites excluding steroid dienone is 11. The highest BCUT2D eigenvalue weighted by Crippen LogP contribution is 2.39. The van der Waals surface area contributed by atoms with Crippen molar-refractivity contribution in [3.05, 3.63) is 200 Å². The van der Waals surface area contributed by atoms with E-state index in [1.54, 1.807) is 0 Å². The average Bonchev–Trinajstić information content (AvgIpc) is 3.09. The van der Waals surface area contributed by atoms with Crippen LogP contribution in [-0.2, 0) is 12.8 Å². The summed E-state index contributed by atoms with van der Waals surface area (Å²) in [6.45, 7) is 14.4. The molecule has 0 amide bonds. The largest absolute Gasteiger partial charge is 0.264 e. The molecule has 1 nitrogen and oxygen atoms in total. The molecule has 4 aromatic carbocycles. The third kappa shape index (κ3) is 7.28. The number of hydrogen-bond acceptors (Lipinski definition) is 1. The zero-order valence-electron chi connectivity index (χ0n) is 26.2. The van der Waals surface area contributed by atoms with Gasteiger partial charge in [-0.1, -0.05) is 147 Å². The Morgan fingerprint density at radius 3 is 1.84 bits per heavy atom. The Kier molecular flexibility index (Phi) is 10.7. The maximum atomic E-state index is 4.47. The van der Waals surface area contributed by atoms with Crippen LogP contribution in [0.25, 0.3) is 32.7 Å². The molecule has 0 aliphatic rings. The van der Waals surface area contributed by atoms with Gasteiger partial charge in [-0.25, -0.2) is 0 Å². The van der Waals surface area contributed by atoms with E-state index in [1.807, 2.05) is 36.7 Å². The maximum Gasteiger partial charge on any atom is 0.0346 e. The van der Waals surface area contributed by atoms with Crippen molar-refractivity contribution < 1.29 is 0 Å². The summed E-state index contributed by atoms with van der Waals surface area (Å²) < 4.78 is 0. The number of pyridine rings is 1. The Bertz CT molecular complexity index is 1870. The van der Waals surface area contributed by atoms with Crippen LogP contribution in [0, 0.1) is 0 Å². The summed E-state index contributed by atoms with van der Waals surface area (Å²) >= 11 is 0. The molecule has 0 radical (unpaired) electrons. The monoisotopic (exact) mass is 583 g/mol. The third-order valence-electron chi connectivity index (χ3n) is 8.25. The van der Waals surface area contributed by atoms with Crippen molar-refractivity contribution in [1.82, 2.24) is 4.98 Å². The second-order valence-electron chi connectivity index (χ2n) is 11.1. The minimum absolute atomic E-state index is 0.278. The summed E-state index contributed by atoms with van der Waals surface area (Å²) in [7, 11) is 0. The van der Waals surface area contributed by atoms with E-state index in [1.165, 1.54) is 43.8 Å². The molecule has 1 unspecified atom stereocenters. The van der Waals surface area contributed by atoms with Gasteiger partial charge >= 0.3 is 0 Å². The number of aromatic nitrogens is 1. The van der Waals surface area contributed by atoms with Gasteiger partial charge in [0, 0.05) is 23.9 Å². The topological polar surface area (TPSA) is 12.9 Å². The molecule has 222 valence electrons. The van der Waals surface area contributed by atoms with Gasteiger partial charge in [-0.15, -0.1) is 6.58 Å². The molecular formula is C44H41N. The predicted molar refractivity (Wildman–Crippen MR) is 197 cm³/mol. The van der Waals surface area contributed by atoms with E-state index in [0.717, 1.165) is 36.0 Å². The lowest BCUT2D eigenvalue weighted by atomic mass is 9.83. The molecule has 1 heterocycles. The van der Waals surface area contributed by atoms with E-state index in [9.17, 15) is 0 Å². The van der Waals surface area contributed by atoms with Crippen molar-refractivity contribution in [3.8, 4) is 11.1 Å². The fraction of sp³-hybridized carbons (Fsp3) is 0.114. The lowest BCUT2D eigenvalue weighted by Gasteiger charge is -2.21. The van der Waals surface area contributed by atoms with E-state index in [2.05, 4.69) is 147 Å². The highest BCUT2D eigenvalue weighted by Gasteiger charge is 2.18. The van der Waals surface area contributed by atoms with Crippen LogP contribution in [0.2, 0.25) is 0 Å². The molecule has 1 aromatic heterocycles. The minimum Gasteiger partial charge on any atom is -0.264 e. The second kappa shape index (κ2) is 15.5. The van der Waals surface area contributed by atoms with Gasteiger partial charge in [0.15, 0.2) is 0 Å². The summed E-state index contributed by atoms with van der Waals surface area (Å²) in [5.41, 5.74) is 8.26. The van der Waals surface area contributed by atoms with Crippen molar-refractivity contribution in [3.63, 3.8) is 0 Å². The SMILES string of the molecule is C=CCC(/C=C\C)c1c2ccccc2c(C\C=C/C(C=C)=C(C=C)/C=C\Cc2cncc(-c3ccccc3)c2)c2ccccc12. The number of nitrogens with zero attached hydrogens (tertiary/aromatic N) is 1. The summed E-state index contributed by atoms with van der Waals surface area (Å²) in [4.78, 5) is 4.47. The lowest BCUT2D eigenvalue weighted by Crippen LogP contribution is -2.00. The molecule has 0 N–H and O–H groups in total. The molecular weight excluding hydrogens is 542 g/mol. The molecule has 0 spiro atoms. The molecule has 0 bridgehead atoms. The zero-order valence-corrected chi connectivity index (χ0v) is 26.2. The average molecular weight is 584 g/mol. The molecule has 5 aromatic rings. The first kappa shape index (κ1) is 31.2. The summed E-state index contributed by atoms with van der Waals surface area (Å²) in [5, 5.41) is 5.22. The fourth-order valence-electron chi connectivity index (χ4n) is 6.15. The second-order valence-corrected chi connectivity index (χ2v) is 11.1. The number of fused-ring (bicyclic) bond motifs is 2. The van der Waals surface area contributed by atoms with Crippen LogP contribution in [0.3, 0.4) is 0 Å². The fourth-order valence-corrected chi connectivity index (χ4v) is 6.15. The molecule has 0 saturated carbocycles. The first-order chi connectivity index (χ1) is 22.2. The van der Waals surface area contributed by atoms with E-state index in [-0.39, 0.29) is 5.92 Å². The van der Waals surface area contributed by atoms with Gasteiger partial charge in [-0.2, -0.15) is 0 Å². The van der Waals surface area contributed by atoms with E-state index >= 15 is 0 Å². The van der Waals surface area contributed by atoms with Gasteiger partial charge in [0.25, 0.3) is 0 Å². The van der Waals surface area contributed by atoms with Gasteiger partial charge in [0.2, 0.25) is 0 Å². The molecule has 0 fully saturated rings. The zero-order chi connectivity index (χ0) is 31.4. The maximum absolute atomic E-state index is 4.47. The lowest BCUT2D eigenvalue weighted by molar-refractivity contribution is 0.880. The number of hydrogen-bond donors (Lipinski definition) is 0. The first-order valence-electron chi connectivity index (χ1n) is 15.7. The first-order valence-corrected chi connectivity index (χ1v) is 15.7. The summed E-state index contributed by atoms with van der Waals surface area (Å²) in [6.07, 6.45) is 25.4. The van der Waals surface area contributed by atoms with Gasteiger partial charge in [0.1, 0.15) is 0 Å². The van der Waals surface area contributed by atoms with E-state index in [0.29, 0.717) is 0 Å². The van der Waals surface area contributed by atoms with Crippen LogP contribution in [0.1, 0.15) is 36.0 Å². The highest BCUT2D eigenvalue weighted by molar-refractivity contribution is 6.06. The predicted octanol–water partition coefficient (Wildman–Crippen LogP) is 11.9. The van der Waals surface area contributed by atoms with Crippen molar-refractivity contribution >= 4 is 21.5 Å².